The van der Waals surface area contributed by atoms with E-state index in [9.17, 15) is 4.79 Å². The molecule has 1 rings (SSSR count). The maximum atomic E-state index is 11.4. The highest BCUT2D eigenvalue weighted by molar-refractivity contribution is 5.66. The molecule has 0 aliphatic heterocycles. The maximum absolute atomic E-state index is 11.4. The molecule has 0 spiro atoms. The number of benzene rings is 1. The average molecular weight is 281 g/mol. The predicted octanol–water partition coefficient (Wildman–Crippen LogP) is 1.80. The first-order valence-electron chi connectivity index (χ1n) is 6.68. The minimum Gasteiger partial charge on any atom is -0.489 e. The lowest BCUT2D eigenvalue weighted by Gasteiger charge is -2.28. The Morgan fingerprint density at radius 3 is 2.35 bits per heavy atom. The molecule has 1 N–H and O–H groups in total. The molecule has 1 unspecified atom stereocenters. The van der Waals surface area contributed by atoms with Crippen molar-refractivity contribution in [1.29, 1.82) is 0 Å². The van der Waals surface area contributed by atoms with Crippen LogP contribution in [0.2, 0.25) is 0 Å². The van der Waals surface area contributed by atoms with E-state index in [1.165, 1.54) is 5.56 Å². The number of aryl methyl sites for hydroxylation is 1. The molecule has 1 aromatic carbocycles. The van der Waals surface area contributed by atoms with Crippen molar-refractivity contribution in [3.8, 4) is 5.75 Å². The summed E-state index contributed by atoms with van der Waals surface area (Å²) in [7, 11) is 7.69. The average Bonchev–Trinajstić information content (AvgIpc) is 2.36. The molecular weight excluding hydrogens is 256 g/mol. The van der Waals surface area contributed by atoms with Gasteiger partial charge in [-0.25, -0.2) is 4.79 Å². The molecular formula is C15H25N2O3+. The highest BCUT2D eigenvalue weighted by Gasteiger charge is 2.22. The molecule has 1 amide bonds. The van der Waals surface area contributed by atoms with Crippen molar-refractivity contribution in [2.75, 3.05) is 41.3 Å². The van der Waals surface area contributed by atoms with Gasteiger partial charge in [0.25, 0.3) is 0 Å². The summed E-state index contributed by atoms with van der Waals surface area (Å²) in [6, 6.07) is 7.81. The maximum Gasteiger partial charge on any atom is 0.407 e. The zero-order valence-electron chi connectivity index (χ0n) is 13.0. The number of nitrogens with one attached hydrogen (secondary N) is 1. The SMILES string of the molecule is CNC(=O)OC(COc1ccc(C)cc1)C[N+](C)(C)C. The van der Waals surface area contributed by atoms with Crippen molar-refractivity contribution in [2.24, 2.45) is 0 Å². The number of carbonyl (C=O) groups is 1. The van der Waals surface area contributed by atoms with Crippen molar-refractivity contribution in [3.05, 3.63) is 29.8 Å². The zero-order valence-corrected chi connectivity index (χ0v) is 13.0. The molecule has 0 saturated heterocycles. The van der Waals surface area contributed by atoms with E-state index < -0.39 is 6.09 Å². The number of hydrogen-bond donors (Lipinski definition) is 1. The highest BCUT2D eigenvalue weighted by atomic mass is 16.6. The quantitative estimate of drug-likeness (QED) is 0.809. The monoisotopic (exact) mass is 281 g/mol. The molecule has 0 saturated carbocycles. The van der Waals surface area contributed by atoms with Crippen LogP contribution in [0, 0.1) is 6.92 Å². The van der Waals surface area contributed by atoms with Crippen molar-refractivity contribution in [2.45, 2.75) is 13.0 Å². The van der Waals surface area contributed by atoms with E-state index in [1.807, 2.05) is 52.3 Å². The Morgan fingerprint density at radius 2 is 1.85 bits per heavy atom. The van der Waals surface area contributed by atoms with Gasteiger partial charge >= 0.3 is 6.09 Å². The fourth-order valence-electron chi connectivity index (χ4n) is 1.77. The Morgan fingerprint density at radius 1 is 1.25 bits per heavy atom. The van der Waals surface area contributed by atoms with Gasteiger partial charge in [0.05, 0.1) is 21.1 Å². The van der Waals surface area contributed by atoms with Gasteiger partial charge in [-0.3, -0.25) is 0 Å². The molecule has 1 aromatic rings. The van der Waals surface area contributed by atoms with Crippen LogP contribution in [0.3, 0.4) is 0 Å². The number of quaternary nitrogens is 1. The number of carbonyl (C=O) groups excluding carboxylic acids is 1. The second-order valence-corrected chi connectivity index (χ2v) is 5.87. The number of amides is 1. The summed E-state index contributed by atoms with van der Waals surface area (Å²) < 4.78 is 11.7. The van der Waals surface area contributed by atoms with E-state index in [1.54, 1.807) is 7.05 Å². The molecule has 1 atom stereocenters. The first kappa shape index (κ1) is 16.3. The van der Waals surface area contributed by atoms with Crippen LogP contribution >= 0.6 is 0 Å². The zero-order chi connectivity index (χ0) is 15.2. The Hall–Kier alpha value is -1.75. The molecule has 112 valence electrons. The minimum absolute atomic E-state index is 0.295. The molecule has 0 bridgehead atoms. The van der Waals surface area contributed by atoms with E-state index in [0.29, 0.717) is 17.6 Å². The second-order valence-electron chi connectivity index (χ2n) is 5.87. The lowest BCUT2D eigenvalue weighted by Crippen LogP contribution is -2.46. The van der Waals surface area contributed by atoms with Crippen molar-refractivity contribution in [1.82, 2.24) is 5.32 Å². The van der Waals surface area contributed by atoms with Gasteiger partial charge in [0.1, 0.15) is 18.9 Å². The van der Waals surface area contributed by atoms with Crippen molar-refractivity contribution >= 4 is 6.09 Å². The Balaban J connectivity index is 2.59. The van der Waals surface area contributed by atoms with E-state index in [0.717, 1.165) is 5.75 Å². The van der Waals surface area contributed by atoms with Crippen LogP contribution in [-0.2, 0) is 4.74 Å². The lowest BCUT2D eigenvalue weighted by molar-refractivity contribution is -0.873. The van der Waals surface area contributed by atoms with Gasteiger partial charge in [0.15, 0.2) is 6.10 Å². The normalized spacial score (nSPS) is 12.7. The molecule has 0 aliphatic rings. The van der Waals surface area contributed by atoms with Gasteiger partial charge in [-0.2, -0.15) is 0 Å². The predicted molar refractivity (Wildman–Crippen MR) is 78.9 cm³/mol. The largest absolute Gasteiger partial charge is 0.489 e. The van der Waals surface area contributed by atoms with Gasteiger partial charge in [0, 0.05) is 7.05 Å². The molecule has 0 aliphatic carbocycles. The summed E-state index contributed by atoms with van der Waals surface area (Å²) in [6.07, 6.45) is -0.729. The molecule has 5 nitrogen and oxygen atoms in total. The van der Waals surface area contributed by atoms with Gasteiger partial charge in [-0.1, -0.05) is 17.7 Å². The fraction of sp³-hybridized carbons (Fsp3) is 0.533. The minimum atomic E-state index is -0.434. The Kier molecular flexibility index (Phi) is 5.82. The third-order valence-corrected chi connectivity index (χ3v) is 2.69. The van der Waals surface area contributed by atoms with E-state index in [2.05, 4.69) is 5.32 Å². The molecule has 0 heterocycles. The van der Waals surface area contributed by atoms with Crippen molar-refractivity contribution < 1.29 is 18.8 Å². The number of hydrogen-bond acceptors (Lipinski definition) is 3. The van der Waals surface area contributed by atoms with Gasteiger partial charge in [-0.15, -0.1) is 0 Å². The van der Waals surface area contributed by atoms with Crippen LogP contribution in [0.1, 0.15) is 5.56 Å². The van der Waals surface area contributed by atoms with Crippen molar-refractivity contribution in [3.63, 3.8) is 0 Å². The molecule has 0 radical (unpaired) electrons. The third kappa shape index (κ3) is 6.43. The fourth-order valence-corrected chi connectivity index (χ4v) is 1.77. The third-order valence-electron chi connectivity index (χ3n) is 2.69. The smallest absolute Gasteiger partial charge is 0.407 e. The summed E-state index contributed by atoms with van der Waals surface area (Å²) in [6.45, 7) is 3.05. The first-order chi connectivity index (χ1) is 9.30. The van der Waals surface area contributed by atoms with Gasteiger partial charge in [0.2, 0.25) is 0 Å². The van der Waals surface area contributed by atoms with Crippen LogP contribution < -0.4 is 10.1 Å². The number of rotatable bonds is 6. The lowest BCUT2D eigenvalue weighted by atomic mass is 10.2. The number of nitrogens with zero attached hydrogens (tertiary/aromatic N) is 1. The van der Waals surface area contributed by atoms with Crippen LogP contribution in [-0.4, -0.2) is 58.0 Å². The first-order valence-corrected chi connectivity index (χ1v) is 6.68. The number of likely N-dealkylation sites (N-methyl/N-ethyl adjacent to an activating group) is 1. The topological polar surface area (TPSA) is 47.6 Å². The van der Waals surface area contributed by atoms with E-state index >= 15 is 0 Å². The molecule has 5 heteroatoms. The Labute approximate surface area is 121 Å². The van der Waals surface area contributed by atoms with Crippen LogP contribution in [0.4, 0.5) is 4.79 Å². The number of ether oxygens (including phenoxy) is 2. The highest BCUT2D eigenvalue weighted by Crippen LogP contribution is 2.12. The van der Waals surface area contributed by atoms with Crippen LogP contribution in [0.5, 0.6) is 5.75 Å². The standard InChI is InChI=1S/C15H24N2O3/c1-12-6-8-13(9-7-12)19-11-14(10-17(3,4)5)20-15(18)16-2/h6-9,14H,10-11H2,1-5H3/p+1. The molecule has 0 aromatic heterocycles. The molecule has 20 heavy (non-hydrogen) atoms. The van der Waals surface area contributed by atoms with E-state index in [4.69, 9.17) is 9.47 Å². The number of alkyl carbamates (subject to hydrolysis) is 1. The van der Waals surface area contributed by atoms with Gasteiger partial charge < -0.3 is 19.3 Å². The second kappa shape index (κ2) is 7.14. The van der Waals surface area contributed by atoms with Crippen LogP contribution in [0.25, 0.3) is 0 Å². The summed E-state index contributed by atoms with van der Waals surface area (Å²) in [5, 5.41) is 2.46. The molecule has 0 fully saturated rings. The Bertz CT molecular complexity index is 424. The van der Waals surface area contributed by atoms with Crippen LogP contribution in [0.15, 0.2) is 24.3 Å². The van der Waals surface area contributed by atoms with E-state index in [-0.39, 0.29) is 6.10 Å². The summed E-state index contributed by atoms with van der Waals surface area (Å²) in [5.41, 5.74) is 1.18. The summed E-state index contributed by atoms with van der Waals surface area (Å²) in [5.74, 6) is 0.780. The summed E-state index contributed by atoms with van der Waals surface area (Å²) >= 11 is 0. The summed E-state index contributed by atoms with van der Waals surface area (Å²) in [4.78, 5) is 11.4. The van der Waals surface area contributed by atoms with Gasteiger partial charge in [-0.05, 0) is 19.1 Å².